The molecular formula is C24H29ClN4O. The van der Waals surface area contributed by atoms with Crippen LogP contribution >= 0.6 is 11.6 Å². The first-order valence-corrected chi connectivity index (χ1v) is 11.2. The molecule has 1 aliphatic heterocycles. The summed E-state index contributed by atoms with van der Waals surface area (Å²) in [6.07, 6.45) is 5.32. The van der Waals surface area contributed by atoms with Gasteiger partial charge < -0.3 is 20.9 Å². The fraction of sp³-hybridized carbons (Fsp3) is 0.375. The largest absolute Gasteiger partial charge is 0.372 e. The third kappa shape index (κ3) is 4.63. The number of nitrogens with two attached hydrogens (primary N) is 1. The van der Waals surface area contributed by atoms with Gasteiger partial charge in [0, 0.05) is 41.2 Å². The summed E-state index contributed by atoms with van der Waals surface area (Å²) in [5, 5.41) is 4.66. The van der Waals surface area contributed by atoms with Gasteiger partial charge >= 0.3 is 0 Å². The van der Waals surface area contributed by atoms with Crippen molar-refractivity contribution in [3.63, 3.8) is 0 Å². The minimum absolute atomic E-state index is 0.101. The summed E-state index contributed by atoms with van der Waals surface area (Å²) in [5.41, 5.74) is 10.7. The molecule has 1 aromatic heterocycles. The summed E-state index contributed by atoms with van der Waals surface area (Å²) in [6, 6.07) is 14.3. The zero-order valence-corrected chi connectivity index (χ0v) is 18.0. The molecule has 1 saturated heterocycles. The molecule has 2 aromatic carbocycles. The van der Waals surface area contributed by atoms with Gasteiger partial charge in [-0.2, -0.15) is 0 Å². The van der Waals surface area contributed by atoms with Crippen LogP contribution in [0.15, 0.2) is 42.5 Å². The van der Waals surface area contributed by atoms with Gasteiger partial charge in [0.15, 0.2) is 0 Å². The van der Waals surface area contributed by atoms with Crippen LogP contribution in [0.3, 0.4) is 0 Å². The number of amides is 1. The number of hydrogen-bond donors (Lipinski definition) is 3. The lowest BCUT2D eigenvalue weighted by Crippen LogP contribution is -2.29. The van der Waals surface area contributed by atoms with Gasteiger partial charge in [0.25, 0.3) is 5.91 Å². The molecule has 0 unspecified atom stereocenters. The normalized spacial score (nSPS) is 14.3. The summed E-state index contributed by atoms with van der Waals surface area (Å²) in [4.78, 5) is 18.5. The monoisotopic (exact) mass is 424 g/mol. The van der Waals surface area contributed by atoms with Crippen molar-refractivity contribution >= 4 is 34.1 Å². The summed E-state index contributed by atoms with van der Waals surface area (Å²) in [6.45, 7) is 3.36. The van der Waals surface area contributed by atoms with E-state index >= 15 is 0 Å². The molecule has 4 N–H and O–H groups in total. The molecule has 0 spiro atoms. The molecule has 2 heterocycles. The first-order chi connectivity index (χ1) is 14.7. The van der Waals surface area contributed by atoms with Crippen LogP contribution in [0.4, 0.5) is 5.69 Å². The lowest BCUT2D eigenvalue weighted by Gasteiger charge is -2.28. The lowest BCUT2D eigenvalue weighted by atomic mass is 10.1. The van der Waals surface area contributed by atoms with Crippen LogP contribution < -0.4 is 16.0 Å². The SMILES string of the molecule is NCCc1c(C(=O)NCCc2ccc(N3CCCCC3)cc2)[nH]c2ccc(Cl)cc12. The Morgan fingerprint density at radius 3 is 2.57 bits per heavy atom. The number of nitrogens with one attached hydrogen (secondary N) is 2. The Kier molecular flexibility index (Phi) is 6.60. The van der Waals surface area contributed by atoms with E-state index in [0.29, 0.717) is 30.2 Å². The maximum absolute atomic E-state index is 12.8. The smallest absolute Gasteiger partial charge is 0.268 e. The van der Waals surface area contributed by atoms with Gasteiger partial charge in [0.1, 0.15) is 5.69 Å². The Bertz CT molecular complexity index is 1010. The van der Waals surface area contributed by atoms with Gasteiger partial charge in [-0.3, -0.25) is 4.79 Å². The quantitative estimate of drug-likeness (QED) is 0.529. The number of piperidine rings is 1. The number of anilines is 1. The average Bonchev–Trinajstić information content (AvgIpc) is 3.13. The molecule has 0 aliphatic carbocycles. The molecule has 1 fully saturated rings. The van der Waals surface area contributed by atoms with Crippen molar-refractivity contribution in [1.82, 2.24) is 10.3 Å². The summed E-state index contributed by atoms with van der Waals surface area (Å²) >= 11 is 6.14. The Balaban J connectivity index is 1.38. The van der Waals surface area contributed by atoms with Crippen LogP contribution in [0.25, 0.3) is 10.9 Å². The fourth-order valence-corrected chi connectivity index (χ4v) is 4.42. The Morgan fingerprint density at radius 1 is 1.07 bits per heavy atom. The Morgan fingerprint density at radius 2 is 1.83 bits per heavy atom. The van der Waals surface area contributed by atoms with E-state index in [1.165, 1.54) is 30.5 Å². The van der Waals surface area contributed by atoms with E-state index in [1.54, 1.807) is 0 Å². The van der Waals surface area contributed by atoms with Crippen molar-refractivity contribution in [3.8, 4) is 0 Å². The zero-order chi connectivity index (χ0) is 20.9. The molecule has 0 bridgehead atoms. The molecule has 5 nitrogen and oxygen atoms in total. The first-order valence-electron chi connectivity index (χ1n) is 10.8. The van der Waals surface area contributed by atoms with Crippen LogP contribution in [0, 0.1) is 0 Å². The number of H-pyrrole nitrogens is 1. The number of aromatic nitrogens is 1. The molecule has 6 heteroatoms. The van der Waals surface area contributed by atoms with Gasteiger partial charge in [-0.15, -0.1) is 0 Å². The van der Waals surface area contributed by atoms with Gasteiger partial charge in [0.05, 0.1) is 0 Å². The van der Waals surface area contributed by atoms with Crippen LogP contribution in [0.1, 0.15) is 40.9 Å². The van der Waals surface area contributed by atoms with E-state index in [2.05, 4.69) is 39.5 Å². The van der Waals surface area contributed by atoms with Crippen molar-refractivity contribution in [3.05, 3.63) is 64.3 Å². The molecule has 30 heavy (non-hydrogen) atoms. The molecule has 158 valence electrons. The second-order valence-corrected chi connectivity index (χ2v) is 8.36. The average molecular weight is 425 g/mol. The second-order valence-electron chi connectivity index (χ2n) is 7.93. The Hall–Kier alpha value is -2.50. The van der Waals surface area contributed by atoms with Crippen LogP contribution in [0.5, 0.6) is 0 Å². The molecule has 0 radical (unpaired) electrons. The van der Waals surface area contributed by atoms with E-state index in [4.69, 9.17) is 17.3 Å². The van der Waals surface area contributed by atoms with Crippen LogP contribution in [-0.2, 0) is 12.8 Å². The van der Waals surface area contributed by atoms with E-state index in [1.807, 2.05) is 18.2 Å². The third-order valence-corrected chi connectivity index (χ3v) is 6.08. The molecule has 1 amide bonds. The minimum atomic E-state index is -0.101. The number of carbonyl (C=O) groups excluding carboxylic acids is 1. The number of hydrogen-bond acceptors (Lipinski definition) is 3. The molecule has 4 rings (SSSR count). The van der Waals surface area contributed by atoms with Crippen LogP contribution in [-0.4, -0.2) is 37.1 Å². The topological polar surface area (TPSA) is 74.2 Å². The van der Waals surface area contributed by atoms with Gasteiger partial charge in [-0.1, -0.05) is 23.7 Å². The fourth-order valence-electron chi connectivity index (χ4n) is 4.25. The lowest BCUT2D eigenvalue weighted by molar-refractivity contribution is 0.0949. The Labute approximate surface area is 182 Å². The number of carbonyl (C=O) groups is 1. The minimum Gasteiger partial charge on any atom is -0.372 e. The van der Waals surface area contributed by atoms with Crippen molar-refractivity contribution in [1.29, 1.82) is 0 Å². The number of halogens is 1. The molecule has 0 saturated carbocycles. The molecule has 0 atom stereocenters. The van der Waals surface area contributed by atoms with Crippen LogP contribution in [0.2, 0.25) is 5.02 Å². The number of fused-ring (bicyclic) bond motifs is 1. The number of benzene rings is 2. The number of nitrogens with zero attached hydrogens (tertiary/aromatic N) is 1. The molecular weight excluding hydrogens is 396 g/mol. The predicted molar refractivity (Wildman–Crippen MR) is 125 cm³/mol. The van der Waals surface area contributed by atoms with E-state index in [-0.39, 0.29) is 5.91 Å². The van der Waals surface area contributed by atoms with Crippen molar-refractivity contribution < 1.29 is 4.79 Å². The highest BCUT2D eigenvalue weighted by molar-refractivity contribution is 6.31. The van der Waals surface area contributed by atoms with Crippen molar-refractivity contribution in [2.75, 3.05) is 31.1 Å². The third-order valence-electron chi connectivity index (χ3n) is 5.85. The van der Waals surface area contributed by atoms with E-state index < -0.39 is 0 Å². The van der Waals surface area contributed by atoms with E-state index in [0.717, 1.165) is 36.0 Å². The first kappa shape index (κ1) is 20.8. The highest BCUT2D eigenvalue weighted by Gasteiger charge is 2.17. The number of aromatic amines is 1. The maximum atomic E-state index is 12.8. The zero-order valence-electron chi connectivity index (χ0n) is 17.2. The van der Waals surface area contributed by atoms with Gasteiger partial charge in [0.2, 0.25) is 0 Å². The summed E-state index contributed by atoms with van der Waals surface area (Å²) in [5.74, 6) is -0.101. The van der Waals surface area contributed by atoms with E-state index in [9.17, 15) is 4.79 Å². The number of rotatable bonds is 7. The molecule has 3 aromatic rings. The van der Waals surface area contributed by atoms with Crippen molar-refractivity contribution in [2.24, 2.45) is 5.73 Å². The highest BCUT2D eigenvalue weighted by Crippen LogP contribution is 2.26. The van der Waals surface area contributed by atoms with Crippen molar-refractivity contribution in [2.45, 2.75) is 32.1 Å². The maximum Gasteiger partial charge on any atom is 0.268 e. The second kappa shape index (κ2) is 9.54. The summed E-state index contributed by atoms with van der Waals surface area (Å²) in [7, 11) is 0. The summed E-state index contributed by atoms with van der Waals surface area (Å²) < 4.78 is 0. The highest BCUT2D eigenvalue weighted by atomic mass is 35.5. The molecule has 1 aliphatic rings. The van der Waals surface area contributed by atoms with Gasteiger partial charge in [-0.25, -0.2) is 0 Å². The van der Waals surface area contributed by atoms with Gasteiger partial charge in [-0.05, 0) is 80.1 Å². The standard InChI is InChI=1S/C24H29ClN4O/c25-18-6-9-22-21(16-18)20(10-12-26)23(28-22)24(30)27-13-11-17-4-7-19(8-5-17)29-14-2-1-3-15-29/h4-9,16,28H,1-3,10-15,26H2,(H,27,30). The predicted octanol–water partition coefficient (Wildman–Crippen LogP) is 4.29.